The lowest BCUT2D eigenvalue weighted by atomic mass is 9.85. The molecule has 3 nitrogen and oxygen atoms in total. The summed E-state index contributed by atoms with van der Waals surface area (Å²) < 4.78 is 37.9. The minimum atomic E-state index is -4.53. The molecule has 1 aliphatic rings. The van der Waals surface area contributed by atoms with E-state index in [1.54, 1.807) is 0 Å². The zero-order chi connectivity index (χ0) is 16.5. The number of aliphatic hydroxyl groups is 1. The number of carbonyl (C=O) groups excluding carboxylic acids is 1. The summed E-state index contributed by atoms with van der Waals surface area (Å²) in [5, 5.41) is 10.2. The van der Waals surface area contributed by atoms with Crippen LogP contribution in [0.5, 0.6) is 0 Å². The lowest BCUT2D eigenvalue weighted by Gasteiger charge is -2.21. The summed E-state index contributed by atoms with van der Waals surface area (Å²) in [6.07, 6.45) is -2.35. The van der Waals surface area contributed by atoms with Crippen molar-refractivity contribution in [3.05, 3.63) is 29.1 Å². The summed E-state index contributed by atoms with van der Waals surface area (Å²) in [5.41, 5.74) is -0.772. The van der Waals surface area contributed by atoms with Crippen molar-refractivity contribution in [2.75, 3.05) is 0 Å². The first-order chi connectivity index (χ1) is 10.2. The average molecular weight is 315 g/mol. The van der Waals surface area contributed by atoms with Gasteiger partial charge in [0.1, 0.15) is 5.69 Å². The summed E-state index contributed by atoms with van der Waals surface area (Å²) in [7, 11) is 0. The van der Waals surface area contributed by atoms with Crippen molar-refractivity contribution in [2.24, 2.45) is 11.8 Å². The van der Waals surface area contributed by atoms with Crippen LogP contribution in [0, 0.1) is 18.8 Å². The molecule has 0 spiro atoms. The maximum atomic E-state index is 12.6. The average Bonchev–Trinajstić information content (AvgIpc) is 2.58. The van der Waals surface area contributed by atoms with E-state index in [1.807, 2.05) is 6.92 Å². The number of aryl methyl sites for hydroxylation is 1. The largest absolute Gasteiger partial charge is 0.433 e. The highest BCUT2D eigenvalue weighted by molar-refractivity contribution is 5.99. The number of ketones is 1. The van der Waals surface area contributed by atoms with E-state index in [-0.39, 0.29) is 17.0 Å². The molecule has 0 aromatic carbocycles. The highest BCUT2D eigenvalue weighted by Gasteiger charge is 2.35. The molecule has 1 aromatic heterocycles. The molecule has 1 fully saturated rings. The van der Waals surface area contributed by atoms with Gasteiger partial charge in [-0.3, -0.25) is 4.79 Å². The molecule has 0 radical (unpaired) electrons. The van der Waals surface area contributed by atoms with Crippen molar-refractivity contribution >= 4 is 5.78 Å². The Morgan fingerprint density at radius 1 is 1.32 bits per heavy atom. The summed E-state index contributed by atoms with van der Waals surface area (Å²) in [5.74, 6) is -0.552. The van der Waals surface area contributed by atoms with Gasteiger partial charge in [-0.15, -0.1) is 0 Å². The monoisotopic (exact) mass is 315 g/mol. The second-order valence-corrected chi connectivity index (χ2v) is 6.14. The van der Waals surface area contributed by atoms with Crippen LogP contribution in [-0.2, 0) is 6.18 Å². The fraction of sp³-hybridized carbons (Fsp3) is 0.625. The smallest absolute Gasteiger partial charge is 0.392 e. The molecule has 1 N–H and O–H groups in total. The van der Waals surface area contributed by atoms with E-state index in [1.165, 1.54) is 13.0 Å². The van der Waals surface area contributed by atoms with Gasteiger partial charge < -0.3 is 5.11 Å². The van der Waals surface area contributed by atoms with Gasteiger partial charge in [-0.1, -0.05) is 19.8 Å². The van der Waals surface area contributed by atoms with Crippen LogP contribution in [0.2, 0.25) is 0 Å². The third-order valence-electron chi connectivity index (χ3n) is 4.30. The molecule has 0 saturated heterocycles. The van der Waals surface area contributed by atoms with Gasteiger partial charge in [0, 0.05) is 17.2 Å². The number of nitrogens with zero attached hydrogens (tertiary/aromatic N) is 1. The van der Waals surface area contributed by atoms with Gasteiger partial charge in [-0.05, 0) is 37.8 Å². The number of pyridine rings is 1. The first kappa shape index (κ1) is 16.9. The van der Waals surface area contributed by atoms with E-state index in [9.17, 15) is 23.1 Å². The van der Waals surface area contributed by atoms with Crippen LogP contribution in [-0.4, -0.2) is 22.0 Å². The normalized spacial score (nSPS) is 26.5. The van der Waals surface area contributed by atoms with Crippen molar-refractivity contribution in [3.63, 3.8) is 0 Å². The second kappa shape index (κ2) is 6.36. The lowest BCUT2D eigenvalue weighted by molar-refractivity contribution is -0.141. The fourth-order valence-electron chi connectivity index (χ4n) is 3.05. The quantitative estimate of drug-likeness (QED) is 0.667. The number of halogens is 3. The first-order valence-electron chi connectivity index (χ1n) is 7.47. The third-order valence-corrected chi connectivity index (χ3v) is 4.30. The maximum Gasteiger partial charge on any atom is 0.433 e. The maximum absolute atomic E-state index is 12.6. The number of aliphatic hydroxyl groups excluding tert-OH is 1. The Morgan fingerprint density at radius 2 is 2.00 bits per heavy atom. The molecule has 3 atom stereocenters. The number of alkyl halides is 3. The molecule has 2 rings (SSSR count). The van der Waals surface area contributed by atoms with Gasteiger partial charge in [0.15, 0.2) is 5.78 Å². The zero-order valence-corrected chi connectivity index (χ0v) is 12.7. The van der Waals surface area contributed by atoms with Crippen molar-refractivity contribution in [1.82, 2.24) is 4.98 Å². The highest BCUT2D eigenvalue weighted by Crippen LogP contribution is 2.32. The van der Waals surface area contributed by atoms with Gasteiger partial charge in [-0.25, -0.2) is 4.98 Å². The number of aromatic nitrogens is 1. The van der Waals surface area contributed by atoms with Crippen molar-refractivity contribution in [1.29, 1.82) is 0 Å². The molecule has 1 saturated carbocycles. The van der Waals surface area contributed by atoms with Crippen LogP contribution < -0.4 is 0 Å². The topological polar surface area (TPSA) is 50.2 Å². The Labute approximate surface area is 127 Å². The van der Waals surface area contributed by atoms with Crippen LogP contribution in [0.15, 0.2) is 12.1 Å². The van der Waals surface area contributed by atoms with E-state index in [0.29, 0.717) is 18.8 Å². The van der Waals surface area contributed by atoms with E-state index in [4.69, 9.17) is 0 Å². The number of hydrogen-bond acceptors (Lipinski definition) is 3. The minimum Gasteiger partial charge on any atom is -0.392 e. The van der Waals surface area contributed by atoms with Crippen LogP contribution >= 0.6 is 0 Å². The van der Waals surface area contributed by atoms with Gasteiger partial charge in [0.05, 0.1) is 6.10 Å². The standard InChI is InChI=1S/C16H20F3NO2/c1-9-4-3-5-13(21)12(8-9)15(22)11-6-7-14(16(17,18)19)20-10(11)2/h6-7,9,12-13,21H,3-5,8H2,1-2H3. The molecular weight excluding hydrogens is 295 g/mol. The van der Waals surface area contributed by atoms with Crippen LogP contribution in [0.3, 0.4) is 0 Å². The van der Waals surface area contributed by atoms with Crippen LogP contribution in [0.4, 0.5) is 13.2 Å². The number of carbonyl (C=O) groups is 1. The summed E-state index contributed by atoms with van der Waals surface area (Å²) in [4.78, 5) is 16.1. The molecule has 0 amide bonds. The predicted octanol–water partition coefficient (Wildman–Crippen LogP) is 3.78. The Hall–Kier alpha value is -1.43. The van der Waals surface area contributed by atoms with E-state index in [2.05, 4.69) is 4.98 Å². The van der Waals surface area contributed by atoms with E-state index < -0.39 is 23.9 Å². The fourth-order valence-corrected chi connectivity index (χ4v) is 3.05. The first-order valence-corrected chi connectivity index (χ1v) is 7.47. The summed E-state index contributed by atoms with van der Waals surface area (Å²) >= 11 is 0. The Bertz CT molecular complexity index is 557. The van der Waals surface area contributed by atoms with Gasteiger partial charge in [0.25, 0.3) is 0 Å². The zero-order valence-electron chi connectivity index (χ0n) is 12.7. The Morgan fingerprint density at radius 3 is 2.59 bits per heavy atom. The molecule has 22 heavy (non-hydrogen) atoms. The molecule has 3 unspecified atom stereocenters. The second-order valence-electron chi connectivity index (χ2n) is 6.14. The van der Waals surface area contributed by atoms with Crippen molar-refractivity contribution in [2.45, 2.75) is 51.8 Å². The molecule has 1 aliphatic carbocycles. The number of hydrogen-bond donors (Lipinski definition) is 1. The highest BCUT2D eigenvalue weighted by atomic mass is 19.4. The Balaban J connectivity index is 2.28. The van der Waals surface area contributed by atoms with Crippen molar-refractivity contribution in [3.8, 4) is 0 Å². The number of Topliss-reactive ketones (excluding diaryl/α,β-unsaturated/α-hetero) is 1. The van der Waals surface area contributed by atoms with E-state index >= 15 is 0 Å². The van der Waals surface area contributed by atoms with Gasteiger partial charge in [0.2, 0.25) is 0 Å². The van der Waals surface area contributed by atoms with E-state index in [0.717, 1.165) is 18.9 Å². The molecule has 1 aromatic rings. The summed E-state index contributed by atoms with van der Waals surface area (Å²) in [6, 6.07) is 2.00. The number of rotatable bonds is 2. The van der Waals surface area contributed by atoms with Gasteiger partial charge >= 0.3 is 6.18 Å². The predicted molar refractivity (Wildman–Crippen MR) is 75.4 cm³/mol. The third kappa shape index (κ3) is 3.66. The lowest BCUT2D eigenvalue weighted by Crippen LogP contribution is -2.29. The van der Waals surface area contributed by atoms with Crippen LogP contribution in [0.25, 0.3) is 0 Å². The molecule has 0 bridgehead atoms. The molecule has 0 aliphatic heterocycles. The minimum absolute atomic E-state index is 0.0592. The molecule has 1 heterocycles. The SMILES string of the molecule is Cc1nc(C(F)(F)F)ccc1C(=O)C1CC(C)CCCC1O. The van der Waals surface area contributed by atoms with Gasteiger partial charge in [-0.2, -0.15) is 13.2 Å². The summed E-state index contributed by atoms with van der Waals surface area (Å²) in [6.45, 7) is 3.42. The Kier molecular flexibility index (Phi) is 4.90. The molecule has 122 valence electrons. The van der Waals surface area contributed by atoms with Crippen LogP contribution in [0.1, 0.15) is 54.4 Å². The molecule has 6 heteroatoms. The molecular formula is C16H20F3NO2. The van der Waals surface area contributed by atoms with Crippen molar-refractivity contribution < 1.29 is 23.1 Å².